The summed E-state index contributed by atoms with van der Waals surface area (Å²) in [6, 6.07) is 4.61. The Labute approximate surface area is 110 Å². The minimum atomic E-state index is 0.379. The predicted molar refractivity (Wildman–Crippen MR) is 75.3 cm³/mol. The molecule has 0 saturated heterocycles. The second kappa shape index (κ2) is 6.19. The molecule has 0 bridgehead atoms. The molecule has 2 nitrogen and oxygen atoms in total. The van der Waals surface area contributed by atoms with Crippen LogP contribution in [0.25, 0.3) is 0 Å². The number of aryl methyl sites for hydroxylation is 1. The molecule has 0 aliphatic carbocycles. The number of hydrogen-bond donors (Lipinski definition) is 1. The molecule has 1 N–H and O–H groups in total. The summed E-state index contributed by atoms with van der Waals surface area (Å²) in [5, 5.41) is 9.82. The lowest BCUT2D eigenvalue weighted by Crippen LogP contribution is -2.16. The average molecular weight is 267 g/mol. The first-order valence-electron chi connectivity index (χ1n) is 5.65. The van der Waals surface area contributed by atoms with Gasteiger partial charge in [-0.05, 0) is 53.7 Å². The molecule has 4 heteroatoms. The Morgan fingerprint density at radius 3 is 2.88 bits per heavy atom. The lowest BCUT2D eigenvalue weighted by Gasteiger charge is -2.15. The Morgan fingerprint density at radius 1 is 1.35 bits per heavy atom. The zero-order chi connectivity index (χ0) is 12.1. The van der Waals surface area contributed by atoms with Crippen LogP contribution in [0.3, 0.4) is 0 Å². The summed E-state index contributed by atoms with van der Waals surface area (Å²) < 4.78 is 5.38. The highest BCUT2D eigenvalue weighted by Gasteiger charge is 2.15. The summed E-state index contributed by atoms with van der Waals surface area (Å²) in [6.07, 6.45) is 2.21. The quantitative estimate of drug-likeness (QED) is 0.861. The minimum Gasteiger partial charge on any atom is -0.496 e. The number of hydrogen-bond acceptors (Lipinski definition) is 4. The topological polar surface area (TPSA) is 21.3 Å². The smallest absolute Gasteiger partial charge is 0.134 e. The second-order valence-corrected chi connectivity index (χ2v) is 5.59. The largest absolute Gasteiger partial charge is 0.496 e. The molecule has 0 radical (unpaired) electrons. The van der Waals surface area contributed by atoms with Crippen molar-refractivity contribution in [3.8, 4) is 5.75 Å². The van der Waals surface area contributed by atoms with Gasteiger partial charge in [-0.15, -0.1) is 11.3 Å². The minimum absolute atomic E-state index is 0.379. The van der Waals surface area contributed by atoms with E-state index in [0.717, 1.165) is 18.6 Å². The molecule has 17 heavy (non-hydrogen) atoms. The molecule has 0 aromatic carbocycles. The third kappa shape index (κ3) is 3.09. The van der Waals surface area contributed by atoms with Gasteiger partial charge in [0.25, 0.3) is 0 Å². The van der Waals surface area contributed by atoms with Crippen LogP contribution in [0, 0.1) is 0 Å². The Hall–Kier alpha value is -0.840. The monoisotopic (exact) mass is 267 g/mol. The third-order valence-electron chi connectivity index (χ3n) is 2.84. The highest BCUT2D eigenvalue weighted by molar-refractivity contribution is 7.10. The first kappa shape index (κ1) is 12.6. The van der Waals surface area contributed by atoms with E-state index in [2.05, 4.69) is 27.5 Å². The Balaban J connectivity index is 2.01. The van der Waals surface area contributed by atoms with E-state index in [9.17, 15) is 0 Å². The summed E-state index contributed by atoms with van der Waals surface area (Å²) in [6.45, 7) is 0. The van der Waals surface area contributed by atoms with Gasteiger partial charge in [0, 0.05) is 6.04 Å². The zero-order valence-electron chi connectivity index (χ0n) is 10.1. The van der Waals surface area contributed by atoms with Gasteiger partial charge in [-0.1, -0.05) is 0 Å². The van der Waals surface area contributed by atoms with Crippen LogP contribution in [-0.2, 0) is 6.42 Å². The molecule has 0 spiro atoms. The fraction of sp³-hybridized carbons (Fsp3) is 0.385. The predicted octanol–water partition coefficient (Wildman–Crippen LogP) is 3.71. The van der Waals surface area contributed by atoms with E-state index in [-0.39, 0.29) is 0 Å². The fourth-order valence-electron chi connectivity index (χ4n) is 1.88. The number of methoxy groups -OCH3 is 1. The molecular weight excluding hydrogens is 250 g/mol. The van der Waals surface area contributed by atoms with Crippen molar-refractivity contribution in [2.75, 3.05) is 14.2 Å². The van der Waals surface area contributed by atoms with Crippen molar-refractivity contribution in [1.82, 2.24) is 5.32 Å². The zero-order valence-corrected chi connectivity index (χ0v) is 11.7. The van der Waals surface area contributed by atoms with Crippen molar-refractivity contribution in [3.05, 3.63) is 38.7 Å². The molecule has 2 heterocycles. The maximum Gasteiger partial charge on any atom is 0.134 e. The molecule has 2 aromatic heterocycles. The Bertz CT molecular complexity index is 436. The van der Waals surface area contributed by atoms with Crippen LogP contribution < -0.4 is 10.1 Å². The van der Waals surface area contributed by atoms with Gasteiger partial charge in [-0.2, -0.15) is 11.3 Å². The van der Waals surface area contributed by atoms with Gasteiger partial charge in [-0.3, -0.25) is 0 Å². The molecule has 0 aliphatic rings. The number of rotatable bonds is 6. The highest BCUT2D eigenvalue weighted by atomic mass is 32.1. The fourth-order valence-corrected chi connectivity index (χ4v) is 3.59. The van der Waals surface area contributed by atoms with Crippen LogP contribution in [0.5, 0.6) is 5.75 Å². The summed E-state index contributed by atoms with van der Waals surface area (Å²) >= 11 is 3.52. The molecule has 92 valence electrons. The molecule has 0 saturated carbocycles. The average Bonchev–Trinajstić information content (AvgIpc) is 3.00. The molecule has 0 fully saturated rings. The van der Waals surface area contributed by atoms with Gasteiger partial charge in [0.1, 0.15) is 5.75 Å². The summed E-state index contributed by atoms with van der Waals surface area (Å²) in [4.78, 5) is 1.30. The molecule has 2 aromatic rings. The van der Waals surface area contributed by atoms with Gasteiger partial charge in [0.2, 0.25) is 0 Å². The first-order valence-corrected chi connectivity index (χ1v) is 7.47. The van der Waals surface area contributed by atoms with Crippen LogP contribution >= 0.6 is 22.7 Å². The second-order valence-electron chi connectivity index (χ2n) is 3.86. The van der Waals surface area contributed by atoms with E-state index < -0.39 is 0 Å². The first-order chi connectivity index (χ1) is 8.35. The van der Waals surface area contributed by atoms with E-state index in [4.69, 9.17) is 4.74 Å². The van der Waals surface area contributed by atoms with Crippen LogP contribution in [-0.4, -0.2) is 14.2 Å². The lowest BCUT2D eigenvalue weighted by atomic mass is 10.1. The standard InChI is InChI=1S/C13H17NOS2/c1-14-11(4-3-10-5-7-16-9-10)13-12(15-2)6-8-17-13/h5-9,11,14H,3-4H2,1-2H3. The molecule has 0 aliphatic heterocycles. The van der Waals surface area contributed by atoms with E-state index in [0.29, 0.717) is 6.04 Å². The van der Waals surface area contributed by atoms with Gasteiger partial charge in [-0.25, -0.2) is 0 Å². The highest BCUT2D eigenvalue weighted by Crippen LogP contribution is 2.33. The van der Waals surface area contributed by atoms with Crippen molar-refractivity contribution in [1.29, 1.82) is 0 Å². The Kier molecular flexibility index (Phi) is 4.59. The molecule has 1 atom stereocenters. The lowest BCUT2D eigenvalue weighted by molar-refractivity contribution is 0.403. The van der Waals surface area contributed by atoms with Crippen molar-refractivity contribution < 1.29 is 4.74 Å². The van der Waals surface area contributed by atoms with Crippen molar-refractivity contribution in [2.45, 2.75) is 18.9 Å². The van der Waals surface area contributed by atoms with Gasteiger partial charge in [0.05, 0.1) is 12.0 Å². The van der Waals surface area contributed by atoms with E-state index in [1.54, 1.807) is 29.8 Å². The third-order valence-corrected chi connectivity index (χ3v) is 4.59. The molecule has 2 rings (SSSR count). The van der Waals surface area contributed by atoms with Crippen LogP contribution in [0.1, 0.15) is 22.9 Å². The van der Waals surface area contributed by atoms with Crippen LogP contribution in [0.2, 0.25) is 0 Å². The summed E-state index contributed by atoms with van der Waals surface area (Å²) in [5.41, 5.74) is 1.42. The van der Waals surface area contributed by atoms with Crippen LogP contribution in [0.15, 0.2) is 28.3 Å². The van der Waals surface area contributed by atoms with Gasteiger partial charge >= 0.3 is 0 Å². The van der Waals surface area contributed by atoms with E-state index >= 15 is 0 Å². The number of nitrogens with one attached hydrogen (secondary N) is 1. The maximum absolute atomic E-state index is 5.38. The van der Waals surface area contributed by atoms with Crippen molar-refractivity contribution >= 4 is 22.7 Å². The SMILES string of the molecule is CNC(CCc1ccsc1)c1sccc1OC. The van der Waals surface area contributed by atoms with Gasteiger partial charge < -0.3 is 10.1 Å². The van der Waals surface area contributed by atoms with Crippen LogP contribution in [0.4, 0.5) is 0 Å². The van der Waals surface area contributed by atoms with E-state index in [1.165, 1.54) is 10.4 Å². The summed E-state index contributed by atoms with van der Waals surface area (Å²) in [5.74, 6) is 1.000. The van der Waals surface area contributed by atoms with Crippen molar-refractivity contribution in [2.24, 2.45) is 0 Å². The van der Waals surface area contributed by atoms with Gasteiger partial charge in [0.15, 0.2) is 0 Å². The maximum atomic E-state index is 5.38. The number of ether oxygens (including phenoxy) is 1. The molecule has 1 unspecified atom stereocenters. The molecular formula is C13H17NOS2. The normalized spacial score (nSPS) is 12.6. The van der Waals surface area contributed by atoms with E-state index in [1.807, 2.05) is 13.1 Å². The summed E-state index contributed by atoms with van der Waals surface area (Å²) in [7, 11) is 3.74. The Morgan fingerprint density at radius 2 is 2.24 bits per heavy atom. The van der Waals surface area contributed by atoms with Crippen molar-refractivity contribution in [3.63, 3.8) is 0 Å². The molecule has 0 amide bonds. The number of thiophene rings is 2.